The molecular formula is C18H27FN2. The van der Waals surface area contributed by atoms with Crippen LogP contribution in [0.5, 0.6) is 0 Å². The molecule has 1 heterocycles. The maximum absolute atomic E-state index is 14.4. The van der Waals surface area contributed by atoms with E-state index < -0.39 is 0 Å². The first kappa shape index (κ1) is 14.8. The first-order valence-corrected chi connectivity index (χ1v) is 8.38. The lowest BCUT2D eigenvalue weighted by atomic mass is 10.0. The maximum Gasteiger partial charge on any atom is 0.146 e. The Bertz CT molecular complexity index is 474. The average molecular weight is 290 g/mol. The van der Waals surface area contributed by atoms with Gasteiger partial charge in [-0.05, 0) is 48.8 Å². The fourth-order valence-electron chi connectivity index (χ4n) is 3.97. The number of benzene rings is 1. The number of para-hydroxylation sites is 1. The summed E-state index contributed by atoms with van der Waals surface area (Å²) in [5.41, 5.74) is 1.96. The molecule has 1 aromatic rings. The van der Waals surface area contributed by atoms with E-state index in [0.717, 1.165) is 49.3 Å². The Kier molecular flexibility index (Phi) is 4.48. The van der Waals surface area contributed by atoms with Crippen LogP contribution in [0.2, 0.25) is 0 Å². The largest absolute Gasteiger partial charge is 0.368 e. The highest BCUT2D eigenvalue weighted by Crippen LogP contribution is 2.41. The summed E-state index contributed by atoms with van der Waals surface area (Å²) >= 11 is 0. The number of anilines is 1. The normalized spacial score (nSPS) is 24.9. The summed E-state index contributed by atoms with van der Waals surface area (Å²) in [6.45, 7) is 8.21. The molecular weight excluding hydrogens is 263 g/mol. The van der Waals surface area contributed by atoms with Gasteiger partial charge in [0.1, 0.15) is 5.82 Å². The monoisotopic (exact) mass is 290 g/mol. The predicted molar refractivity (Wildman–Crippen MR) is 86.0 cm³/mol. The summed E-state index contributed by atoms with van der Waals surface area (Å²) in [6, 6.07) is 5.51. The molecule has 1 aliphatic heterocycles. The van der Waals surface area contributed by atoms with Gasteiger partial charge in [0.2, 0.25) is 0 Å². The standard InChI is InChI=1S/C18H27FN2/c1-13(2)9-20-10-14-5-4-8-17(19)18(14)21-11-15-6-3-7-16(15)12-21/h4-5,8,13,15-16,20H,3,6-7,9-12H2,1-2H3. The van der Waals surface area contributed by atoms with Crippen LogP contribution >= 0.6 is 0 Å². The number of nitrogens with zero attached hydrogens (tertiary/aromatic N) is 1. The number of halogens is 1. The van der Waals surface area contributed by atoms with Gasteiger partial charge in [-0.25, -0.2) is 4.39 Å². The van der Waals surface area contributed by atoms with E-state index in [1.807, 2.05) is 6.07 Å². The second-order valence-corrected chi connectivity index (χ2v) is 7.13. The molecule has 0 amide bonds. The van der Waals surface area contributed by atoms with Gasteiger partial charge < -0.3 is 10.2 Å². The Morgan fingerprint density at radius 2 is 1.95 bits per heavy atom. The van der Waals surface area contributed by atoms with Crippen molar-refractivity contribution in [3.63, 3.8) is 0 Å². The Hall–Kier alpha value is -1.09. The minimum Gasteiger partial charge on any atom is -0.368 e. The smallest absolute Gasteiger partial charge is 0.146 e. The van der Waals surface area contributed by atoms with Crippen LogP contribution in [0.15, 0.2) is 18.2 Å². The van der Waals surface area contributed by atoms with Crippen molar-refractivity contribution in [2.24, 2.45) is 17.8 Å². The highest BCUT2D eigenvalue weighted by atomic mass is 19.1. The lowest BCUT2D eigenvalue weighted by Gasteiger charge is -2.24. The molecule has 2 unspecified atom stereocenters. The summed E-state index contributed by atoms with van der Waals surface area (Å²) in [5.74, 6) is 2.15. The van der Waals surface area contributed by atoms with E-state index in [-0.39, 0.29) is 5.82 Å². The molecule has 1 aromatic carbocycles. The molecule has 1 saturated heterocycles. The summed E-state index contributed by atoms with van der Waals surface area (Å²) in [7, 11) is 0. The zero-order chi connectivity index (χ0) is 14.8. The van der Waals surface area contributed by atoms with Crippen molar-refractivity contribution in [2.75, 3.05) is 24.5 Å². The Morgan fingerprint density at radius 1 is 1.24 bits per heavy atom. The van der Waals surface area contributed by atoms with Crippen LogP contribution in [0.25, 0.3) is 0 Å². The molecule has 3 heteroatoms. The van der Waals surface area contributed by atoms with Crippen LogP contribution < -0.4 is 10.2 Å². The lowest BCUT2D eigenvalue weighted by Crippen LogP contribution is -2.26. The highest BCUT2D eigenvalue weighted by Gasteiger charge is 2.37. The number of fused-ring (bicyclic) bond motifs is 1. The quantitative estimate of drug-likeness (QED) is 0.887. The van der Waals surface area contributed by atoms with E-state index in [9.17, 15) is 4.39 Å². The Labute approximate surface area is 127 Å². The molecule has 0 radical (unpaired) electrons. The lowest BCUT2D eigenvalue weighted by molar-refractivity contribution is 0.494. The third-order valence-corrected chi connectivity index (χ3v) is 4.98. The molecule has 2 atom stereocenters. The SMILES string of the molecule is CC(C)CNCc1cccc(F)c1N1CC2CCCC2C1. The number of rotatable bonds is 5. The predicted octanol–water partition coefficient (Wildman–Crippen LogP) is 3.81. The average Bonchev–Trinajstić information content (AvgIpc) is 2.99. The zero-order valence-electron chi connectivity index (χ0n) is 13.2. The summed E-state index contributed by atoms with van der Waals surface area (Å²) in [6.07, 6.45) is 4.02. The van der Waals surface area contributed by atoms with E-state index in [2.05, 4.69) is 30.1 Å². The molecule has 1 N–H and O–H groups in total. The van der Waals surface area contributed by atoms with E-state index in [1.54, 1.807) is 6.07 Å². The third-order valence-electron chi connectivity index (χ3n) is 4.98. The number of hydrogen-bond acceptors (Lipinski definition) is 2. The van der Waals surface area contributed by atoms with Gasteiger partial charge in [-0.3, -0.25) is 0 Å². The fourth-order valence-corrected chi connectivity index (χ4v) is 3.97. The van der Waals surface area contributed by atoms with Gasteiger partial charge in [-0.1, -0.05) is 32.4 Å². The first-order chi connectivity index (χ1) is 10.1. The minimum atomic E-state index is -0.0566. The minimum absolute atomic E-state index is 0.0566. The van der Waals surface area contributed by atoms with Gasteiger partial charge in [0.05, 0.1) is 5.69 Å². The molecule has 0 aromatic heterocycles. The highest BCUT2D eigenvalue weighted by molar-refractivity contribution is 5.56. The third kappa shape index (κ3) is 3.23. The van der Waals surface area contributed by atoms with Crippen LogP contribution in [0, 0.1) is 23.6 Å². The van der Waals surface area contributed by atoms with Crippen LogP contribution in [0.3, 0.4) is 0 Å². The van der Waals surface area contributed by atoms with Crippen LogP contribution in [0.4, 0.5) is 10.1 Å². The van der Waals surface area contributed by atoms with Crippen LogP contribution in [-0.2, 0) is 6.54 Å². The molecule has 1 saturated carbocycles. The topological polar surface area (TPSA) is 15.3 Å². The summed E-state index contributed by atoms with van der Waals surface area (Å²) < 4.78 is 14.4. The summed E-state index contributed by atoms with van der Waals surface area (Å²) in [4.78, 5) is 2.30. The summed E-state index contributed by atoms with van der Waals surface area (Å²) in [5, 5.41) is 3.45. The molecule has 0 spiro atoms. The maximum atomic E-state index is 14.4. The van der Waals surface area contributed by atoms with Crippen LogP contribution in [-0.4, -0.2) is 19.6 Å². The van der Waals surface area contributed by atoms with Crippen molar-refractivity contribution >= 4 is 5.69 Å². The molecule has 2 nitrogen and oxygen atoms in total. The molecule has 21 heavy (non-hydrogen) atoms. The van der Waals surface area contributed by atoms with Gasteiger partial charge in [0.15, 0.2) is 0 Å². The van der Waals surface area contributed by atoms with Gasteiger partial charge in [0, 0.05) is 19.6 Å². The number of hydrogen-bond donors (Lipinski definition) is 1. The van der Waals surface area contributed by atoms with Gasteiger partial charge in [-0.15, -0.1) is 0 Å². The van der Waals surface area contributed by atoms with Crippen molar-refractivity contribution in [2.45, 2.75) is 39.7 Å². The number of nitrogens with one attached hydrogen (secondary N) is 1. The molecule has 2 fully saturated rings. The van der Waals surface area contributed by atoms with Crippen molar-refractivity contribution in [3.05, 3.63) is 29.6 Å². The zero-order valence-corrected chi connectivity index (χ0v) is 13.2. The van der Waals surface area contributed by atoms with Crippen molar-refractivity contribution < 1.29 is 4.39 Å². The van der Waals surface area contributed by atoms with E-state index in [4.69, 9.17) is 0 Å². The Balaban J connectivity index is 1.74. The second-order valence-electron chi connectivity index (χ2n) is 7.13. The fraction of sp³-hybridized carbons (Fsp3) is 0.667. The molecule has 116 valence electrons. The van der Waals surface area contributed by atoms with Crippen LogP contribution in [0.1, 0.15) is 38.7 Å². The molecule has 0 bridgehead atoms. The van der Waals surface area contributed by atoms with E-state index >= 15 is 0 Å². The Morgan fingerprint density at radius 3 is 2.62 bits per heavy atom. The first-order valence-electron chi connectivity index (χ1n) is 8.38. The van der Waals surface area contributed by atoms with Gasteiger partial charge in [-0.2, -0.15) is 0 Å². The molecule has 2 aliphatic rings. The van der Waals surface area contributed by atoms with Crippen molar-refractivity contribution in [1.29, 1.82) is 0 Å². The van der Waals surface area contributed by atoms with Crippen molar-refractivity contribution in [1.82, 2.24) is 5.32 Å². The molecule has 3 rings (SSSR count). The van der Waals surface area contributed by atoms with E-state index in [0.29, 0.717) is 5.92 Å². The van der Waals surface area contributed by atoms with E-state index in [1.165, 1.54) is 19.3 Å². The molecule has 1 aliphatic carbocycles. The van der Waals surface area contributed by atoms with Gasteiger partial charge in [0.25, 0.3) is 0 Å². The second kappa shape index (κ2) is 6.35. The van der Waals surface area contributed by atoms with Crippen molar-refractivity contribution in [3.8, 4) is 0 Å². The van der Waals surface area contributed by atoms with Gasteiger partial charge >= 0.3 is 0 Å².